The summed E-state index contributed by atoms with van der Waals surface area (Å²) < 4.78 is 29.0. The summed E-state index contributed by atoms with van der Waals surface area (Å²) in [6.45, 7) is 50.6. The molecule has 0 aliphatic heterocycles. The molecule has 0 N–H and O–H groups in total. The summed E-state index contributed by atoms with van der Waals surface area (Å²) in [6.07, 6.45) is 4.80. The molecule has 0 rings (SSSR count). The van der Waals surface area contributed by atoms with Crippen LogP contribution in [0, 0.1) is 35.5 Å². The minimum atomic E-state index is -2.47. The molecular formula is C45H87IO7Si3. The van der Waals surface area contributed by atoms with Crippen LogP contribution in [0.2, 0.25) is 54.4 Å². The molecule has 0 saturated heterocycles. The first-order valence-corrected chi connectivity index (χ1v) is 31.0. The van der Waals surface area contributed by atoms with Gasteiger partial charge in [-0.2, -0.15) is 0 Å². The predicted octanol–water partition coefficient (Wildman–Crippen LogP) is 13.3. The first-order chi connectivity index (χ1) is 24.8. The van der Waals surface area contributed by atoms with E-state index in [9.17, 15) is 14.4 Å². The Bertz CT molecular complexity index is 1340. The van der Waals surface area contributed by atoms with Gasteiger partial charge in [0.15, 0.2) is 25.0 Å². The highest BCUT2D eigenvalue weighted by molar-refractivity contribution is 14.1. The maximum atomic E-state index is 15.0. The Hall–Kier alpha value is -0.449. The van der Waals surface area contributed by atoms with Gasteiger partial charge in [-0.1, -0.05) is 139 Å². The molecule has 0 radical (unpaired) electrons. The minimum Gasteiger partial charge on any atom is -0.457 e. The predicted molar refractivity (Wildman–Crippen MR) is 254 cm³/mol. The highest BCUT2D eigenvalue weighted by atomic mass is 127. The normalized spacial score (nSPS) is 19.2. The highest BCUT2D eigenvalue weighted by Crippen LogP contribution is 2.44. The van der Waals surface area contributed by atoms with E-state index in [1.54, 1.807) is 0 Å². The second kappa shape index (κ2) is 20.9. The van der Waals surface area contributed by atoms with Crippen molar-refractivity contribution < 1.29 is 32.4 Å². The molecule has 0 spiro atoms. The summed E-state index contributed by atoms with van der Waals surface area (Å²) in [4.78, 5) is 42.7. The van der Waals surface area contributed by atoms with Gasteiger partial charge in [0.25, 0.3) is 0 Å². The number of ether oxygens (including phenoxy) is 1. The number of allylic oxidation sites excluding steroid dienone is 1. The summed E-state index contributed by atoms with van der Waals surface area (Å²) in [5.74, 6) is -2.63. The number of hydrogen-bond donors (Lipinski definition) is 0. The fraction of sp³-hybridized carbons (Fsp3) is 0.844. The van der Waals surface area contributed by atoms with E-state index in [1.165, 1.54) is 6.08 Å². The number of ketones is 2. The van der Waals surface area contributed by atoms with Crippen molar-refractivity contribution in [3.05, 3.63) is 22.3 Å². The first kappa shape index (κ1) is 55.6. The van der Waals surface area contributed by atoms with Crippen molar-refractivity contribution in [2.24, 2.45) is 35.5 Å². The van der Waals surface area contributed by atoms with E-state index in [-0.39, 0.29) is 44.6 Å². The number of carbonyl (C=O) groups excluding carboxylic acids is 3. The topological polar surface area (TPSA) is 88.1 Å². The van der Waals surface area contributed by atoms with Gasteiger partial charge in [0.05, 0.1) is 18.3 Å². The van der Waals surface area contributed by atoms with Crippen LogP contribution < -0.4 is 0 Å². The van der Waals surface area contributed by atoms with Crippen molar-refractivity contribution in [1.29, 1.82) is 0 Å². The van der Waals surface area contributed by atoms with Gasteiger partial charge >= 0.3 is 5.97 Å². The highest BCUT2D eigenvalue weighted by Gasteiger charge is 2.49. The third kappa shape index (κ3) is 16.2. The van der Waals surface area contributed by atoms with E-state index in [1.807, 2.05) is 65.5 Å². The molecule has 0 amide bonds. The van der Waals surface area contributed by atoms with Crippen LogP contribution >= 0.6 is 22.6 Å². The maximum absolute atomic E-state index is 15.0. The van der Waals surface area contributed by atoms with Gasteiger partial charge < -0.3 is 18.0 Å². The minimum absolute atomic E-state index is 0.00290. The Labute approximate surface area is 362 Å². The molecule has 328 valence electrons. The number of carbonyl (C=O) groups is 3. The van der Waals surface area contributed by atoms with Crippen LogP contribution in [-0.4, -0.2) is 66.4 Å². The SMILES string of the molecule is C[C@H](C/C=C/I)[C@H](O[Si](C)(C)C(C)(C)C)[C@H](C)C(=O)[C@@H](C)[C@H](O[Si](C)(C)C(C)(C)C)[C@@H](C)C(=O)[C@@H](C)[C@H](O[Si](C)(C)C(C)(C)C)[C@@H](C)/C=C/C(=O)OC(C)(C)C. The molecule has 0 bridgehead atoms. The van der Waals surface area contributed by atoms with Gasteiger partial charge in [0.1, 0.15) is 17.2 Å². The molecule has 0 aromatic rings. The van der Waals surface area contributed by atoms with E-state index in [4.69, 9.17) is 18.0 Å². The van der Waals surface area contributed by atoms with Gasteiger partial charge in [-0.05, 0) is 91.6 Å². The molecule has 11 heteroatoms. The molecule has 0 fully saturated rings. The van der Waals surface area contributed by atoms with Crippen LogP contribution in [0.1, 0.15) is 131 Å². The van der Waals surface area contributed by atoms with Crippen LogP contribution in [0.25, 0.3) is 0 Å². The lowest BCUT2D eigenvalue weighted by atomic mass is 9.77. The van der Waals surface area contributed by atoms with E-state index in [0.717, 1.165) is 6.42 Å². The lowest BCUT2D eigenvalue weighted by Gasteiger charge is -2.45. The lowest BCUT2D eigenvalue weighted by Crippen LogP contribution is -2.54. The average Bonchev–Trinajstić information content (AvgIpc) is 3.01. The molecule has 56 heavy (non-hydrogen) atoms. The van der Waals surface area contributed by atoms with E-state index < -0.39 is 72.4 Å². The molecule has 0 aliphatic rings. The smallest absolute Gasteiger partial charge is 0.330 e. The number of halogens is 1. The molecule has 0 unspecified atom stereocenters. The van der Waals surface area contributed by atoms with E-state index in [0.29, 0.717) is 0 Å². The molecule has 9 atom stereocenters. The zero-order chi connectivity index (χ0) is 44.8. The van der Waals surface area contributed by atoms with Crippen molar-refractivity contribution in [3.8, 4) is 0 Å². The van der Waals surface area contributed by atoms with Crippen LogP contribution in [0.15, 0.2) is 22.3 Å². The molecule has 0 aromatic heterocycles. The van der Waals surface area contributed by atoms with Crippen LogP contribution in [0.5, 0.6) is 0 Å². The quantitative estimate of drug-likeness (QED) is 0.0520. The summed E-state index contributed by atoms with van der Waals surface area (Å²) in [7, 11) is -7.09. The monoisotopic (exact) mass is 950 g/mol. The third-order valence-corrected chi connectivity index (χ3v) is 27.0. The van der Waals surface area contributed by atoms with Gasteiger partial charge in [0, 0.05) is 35.7 Å². The van der Waals surface area contributed by atoms with Crippen molar-refractivity contribution in [1.82, 2.24) is 0 Å². The van der Waals surface area contributed by atoms with Gasteiger partial charge in [-0.15, -0.1) is 0 Å². The number of hydrogen-bond acceptors (Lipinski definition) is 7. The molecule has 0 aromatic carbocycles. The summed E-state index contributed by atoms with van der Waals surface area (Å²) in [5.41, 5.74) is -0.619. The Morgan fingerprint density at radius 1 is 0.554 bits per heavy atom. The Morgan fingerprint density at radius 3 is 1.21 bits per heavy atom. The summed E-state index contributed by atoms with van der Waals surface area (Å²) in [5, 5.41) is -0.269. The molecule has 0 heterocycles. The molecule has 7 nitrogen and oxygen atoms in total. The average molecular weight is 951 g/mol. The molecule has 0 saturated carbocycles. The van der Waals surface area contributed by atoms with Crippen LogP contribution in [0.4, 0.5) is 0 Å². The Balaban J connectivity index is 7.26. The van der Waals surface area contributed by atoms with Gasteiger partial charge in [-0.3, -0.25) is 9.59 Å². The third-order valence-electron chi connectivity index (χ3n) is 13.1. The van der Waals surface area contributed by atoms with Crippen LogP contribution in [-0.2, 0) is 32.4 Å². The maximum Gasteiger partial charge on any atom is 0.330 e. The number of Topliss-reactive ketones (excluding diaryl/α,β-unsaturated/α-hetero) is 2. The lowest BCUT2D eigenvalue weighted by molar-refractivity contribution is -0.148. The second-order valence-electron chi connectivity index (χ2n) is 22.3. The van der Waals surface area contributed by atoms with Crippen molar-refractivity contribution in [3.63, 3.8) is 0 Å². The van der Waals surface area contributed by atoms with Crippen molar-refractivity contribution >= 4 is 65.1 Å². The zero-order valence-electron chi connectivity index (χ0n) is 40.4. The second-order valence-corrected chi connectivity index (χ2v) is 37.3. The molecular weight excluding hydrogens is 864 g/mol. The fourth-order valence-corrected chi connectivity index (χ4v) is 10.8. The zero-order valence-corrected chi connectivity index (χ0v) is 45.6. The first-order valence-electron chi connectivity index (χ1n) is 21.0. The van der Waals surface area contributed by atoms with Crippen molar-refractivity contribution in [2.45, 2.75) is 209 Å². The van der Waals surface area contributed by atoms with Crippen molar-refractivity contribution in [2.75, 3.05) is 0 Å². The largest absolute Gasteiger partial charge is 0.457 e. The fourth-order valence-electron chi connectivity index (χ4n) is 6.12. The molecule has 0 aliphatic carbocycles. The van der Waals surface area contributed by atoms with Gasteiger partial charge in [0.2, 0.25) is 0 Å². The standard InChI is InChI=1S/C45H87IO7Si3/c1-30(26-25-29-46)39(51-54(19,20)43(10,11)12)32(3)37(48)34(5)41(53-56(23,24)45(16,17)18)35(6)38(49)33(4)40(52-55(21,22)44(13,14)15)31(2)27-28-36(47)50-42(7,8)9/h25,27-35,39-41H,26H2,1-24H3/b28-27+,29-25+/t30-,31+,32-,33-,34-,35+,39+,40-,41+/m1/s1. The Kier molecular flexibility index (Phi) is 20.7. The van der Waals surface area contributed by atoms with E-state index >= 15 is 0 Å². The summed E-state index contributed by atoms with van der Waals surface area (Å²) in [6, 6.07) is 0. The van der Waals surface area contributed by atoms with Gasteiger partial charge in [-0.25, -0.2) is 4.79 Å². The summed E-state index contributed by atoms with van der Waals surface area (Å²) >= 11 is 2.25. The number of esters is 1. The Morgan fingerprint density at radius 2 is 0.875 bits per heavy atom. The van der Waals surface area contributed by atoms with Crippen LogP contribution in [0.3, 0.4) is 0 Å². The number of rotatable bonds is 20. The van der Waals surface area contributed by atoms with E-state index in [2.05, 4.69) is 137 Å².